The molecule has 0 aromatic carbocycles. The predicted octanol–water partition coefficient (Wildman–Crippen LogP) is 3.02. The molecule has 0 saturated carbocycles. The summed E-state index contributed by atoms with van der Waals surface area (Å²) in [5, 5.41) is 13.4. The highest BCUT2D eigenvalue weighted by atomic mass is 127. The van der Waals surface area contributed by atoms with Gasteiger partial charge >= 0.3 is 0 Å². The van der Waals surface area contributed by atoms with Crippen molar-refractivity contribution in [3.8, 4) is 0 Å². The molecule has 150 valence electrons. The number of guanidine groups is 1. The third kappa shape index (κ3) is 8.86. The Labute approximate surface area is 174 Å². The largest absolute Gasteiger partial charge is 0.359 e. The minimum atomic E-state index is -0.00220. The minimum absolute atomic E-state index is 0. The summed E-state index contributed by atoms with van der Waals surface area (Å²) in [6.07, 6.45) is 2.11. The van der Waals surface area contributed by atoms with Crippen LogP contribution in [0.1, 0.15) is 64.8 Å². The molecule has 0 radical (unpaired) electrons. The first kappa shape index (κ1) is 24.7. The van der Waals surface area contributed by atoms with E-state index < -0.39 is 0 Å². The zero-order chi connectivity index (χ0) is 18.7. The summed E-state index contributed by atoms with van der Waals surface area (Å²) in [6, 6.07) is 1.99. The lowest BCUT2D eigenvalue weighted by atomic mass is 9.99. The molecule has 1 rings (SSSR count). The van der Waals surface area contributed by atoms with Crippen LogP contribution in [0.3, 0.4) is 0 Å². The Balaban J connectivity index is 0.00000625. The van der Waals surface area contributed by atoms with E-state index in [2.05, 4.69) is 39.9 Å². The average Bonchev–Trinajstić information content (AvgIpc) is 3.06. The van der Waals surface area contributed by atoms with E-state index in [0.29, 0.717) is 31.5 Å². The Morgan fingerprint density at radius 1 is 1.15 bits per heavy atom. The van der Waals surface area contributed by atoms with Crippen LogP contribution in [0.5, 0.6) is 0 Å². The first-order valence-corrected chi connectivity index (χ1v) is 9.27. The Morgan fingerprint density at radius 3 is 2.38 bits per heavy atom. The molecular weight excluding hydrogens is 445 g/mol. The normalized spacial score (nSPS) is 11.4. The molecule has 1 aromatic rings. The number of amides is 1. The van der Waals surface area contributed by atoms with Crippen molar-refractivity contribution < 1.29 is 9.32 Å². The molecule has 7 nitrogen and oxygen atoms in total. The summed E-state index contributed by atoms with van der Waals surface area (Å²) in [4.78, 5) is 16.0. The van der Waals surface area contributed by atoms with Gasteiger partial charge in [0.15, 0.2) is 11.7 Å². The van der Waals surface area contributed by atoms with Crippen LogP contribution in [0.4, 0.5) is 0 Å². The van der Waals surface area contributed by atoms with Gasteiger partial charge in [0.05, 0.1) is 5.69 Å². The van der Waals surface area contributed by atoms with Crippen LogP contribution in [-0.2, 0) is 11.3 Å². The second-order valence-corrected chi connectivity index (χ2v) is 6.30. The number of hydrogen-bond donors (Lipinski definition) is 3. The monoisotopic (exact) mass is 479 g/mol. The van der Waals surface area contributed by atoms with Gasteiger partial charge in [0.25, 0.3) is 0 Å². The van der Waals surface area contributed by atoms with Gasteiger partial charge in [-0.3, -0.25) is 4.79 Å². The maximum absolute atomic E-state index is 11.5. The smallest absolute Gasteiger partial charge is 0.222 e. The molecule has 0 aliphatic heterocycles. The maximum atomic E-state index is 11.5. The number of hydrogen-bond acceptors (Lipinski definition) is 4. The molecule has 0 spiro atoms. The number of carbonyl (C=O) groups is 1. The van der Waals surface area contributed by atoms with E-state index in [4.69, 9.17) is 4.52 Å². The van der Waals surface area contributed by atoms with Gasteiger partial charge in [0.2, 0.25) is 5.91 Å². The number of rotatable bonds is 10. The number of halogens is 1. The highest BCUT2D eigenvalue weighted by molar-refractivity contribution is 14.0. The first-order valence-electron chi connectivity index (χ1n) is 9.27. The van der Waals surface area contributed by atoms with Crippen molar-refractivity contribution in [2.24, 2.45) is 10.9 Å². The molecule has 0 aliphatic carbocycles. The van der Waals surface area contributed by atoms with E-state index in [1.54, 1.807) is 0 Å². The molecule has 0 fully saturated rings. The van der Waals surface area contributed by atoms with Gasteiger partial charge in [-0.05, 0) is 19.8 Å². The third-order valence-electron chi connectivity index (χ3n) is 3.96. The fourth-order valence-corrected chi connectivity index (χ4v) is 2.37. The molecule has 26 heavy (non-hydrogen) atoms. The van der Waals surface area contributed by atoms with Gasteiger partial charge in [0.1, 0.15) is 6.54 Å². The Hall–Kier alpha value is -1.32. The molecule has 0 unspecified atom stereocenters. The summed E-state index contributed by atoms with van der Waals surface area (Å²) >= 11 is 0. The zero-order valence-electron chi connectivity index (χ0n) is 16.6. The van der Waals surface area contributed by atoms with Crippen LogP contribution < -0.4 is 16.0 Å². The van der Waals surface area contributed by atoms with Crippen LogP contribution in [0.15, 0.2) is 15.6 Å². The number of nitrogens with zero attached hydrogens (tertiary/aromatic N) is 2. The molecule has 0 bridgehead atoms. The lowest BCUT2D eigenvalue weighted by molar-refractivity contribution is -0.123. The van der Waals surface area contributed by atoms with Crippen LogP contribution in [0.25, 0.3) is 0 Å². The Bertz CT molecular complexity index is 541. The molecule has 1 aromatic heterocycles. The molecule has 1 amide bonds. The lowest BCUT2D eigenvalue weighted by Crippen LogP contribution is -2.42. The number of aromatic nitrogens is 1. The van der Waals surface area contributed by atoms with Crippen LogP contribution in [0, 0.1) is 5.92 Å². The van der Waals surface area contributed by atoms with Gasteiger partial charge in [-0.1, -0.05) is 32.9 Å². The minimum Gasteiger partial charge on any atom is -0.359 e. The van der Waals surface area contributed by atoms with Crippen LogP contribution in [-0.4, -0.2) is 36.7 Å². The predicted molar refractivity (Wildman–Crippen MR) is 116 cm³/mol. The molecule has 0 atom stereocenters. The summed E-state index contributed by atoms with van der Waals surface area (Å²) in [5.74, 6) is 1.95. The van der Waals surface area contributed by atoms with E-state index in [9.17, 15) is 4.79 Å². The first-order chi connectivity index (χ1) is 12.0. The van der Waals surface area contributed by atoms with E-state index in [1.807, 2.05) is 26.8 Å². The standard InChI is InChI=1S/C18H33N5O2.HI/c1-6-14(7-2)16-11-15(25-23-16)12-22-18(19-8-3)21-10-9-20-17(24)13(4)5;/h11,13-14H,6-10,12H2,1-5H3,(H,20,24)(H2,19,21,22);1H. The van der Waals surface area contributed by atoms with Crippen molar-refractivity contribution in [2.45, 2.75) is 59.9 Å². The second kappa shape index (κ2) is 13.8. The van der Waals surface area contributed by atoms with Crippen molar-refractivity contribution in [3.63, 3.8) is 0 Å². The highest BCUT2D eigenvalue weighted by Gasteiger charge is 2.12. The van der Waals surface area contributed by atoms with E-state index >= 15 is 0 Å². The van der Waals surface area contributed by atoms with Gasteiger partial charge in [0, 0.05) is 37.5 Å². The Morgan fingerprint density at radius 2 is 1.81 bits per heavy atom. The van der Waals surface area contributed by atoms with Gasteiger partial charge in [-0.25, -0.2) is 4.99 Å². The SMILES string of the molecule is CCNC(=NCc1cc(C(CC)CC)no1)NCCNC(=O)C(C)C.I. The number of carbonyl (C=O) groups excluding carboxylic acids is 1. The highest BCUT2D eigenvalue weighted by Crippen LogP contribution is 2.22. The summed E-state index contributed by atoms with van der Waals surface area (Å²) in [6.45, 7) is 12.4. The van der Waals surface area contributed by atoms with Gasteiger partial charge in [-0.2, -0.15) is 0 Å². The van der Waals surface area contributed by atoms with Crippen molar-refractivity contribution in [1.82, 2.24) is 21.1 Å². The summed E-state index contributed by atoms with van der Waals surface area (Å²) in [7, 11) is 0. The van der Waals surface area contributed by atoms with Crippen LogP contribution >= 0.6 is 24.0 Å². The van der Waals surface area contributed by atoms with Crippen molar-refractivity contribution in [2.75, 3.05) is 19.6 Å². The molecule has 0 saturated heterocycles. The number of nitrogens with one attached hydrogen (secondary N) is 3. The summed E-state index contributed by atoms with van der Waals surface area (Å²) in [5.41, 5.74) is 1.00. The lowest BCUT2D eigenvalue weighted by Gasteiger charge is -2.12. The van der Waals surface area contributed by atoms with Gasteiger partial charge in [-0.15, -0.1) is 24.0 Å². The maximum Gasteiger partial charge on any atom is 0.222 e. The van der Waals surface area contributed by atoms with Crippen molar-refractivity contribution >= 4 is 35.8 Å². The molecule has 1 heterocycles. The third-order valence-corrected chi connectivity index (χ3v) is 3.96. The van der Waals surface area contributed by atoms with Gasteiger partial charge < -0.3 is 20.5 Å². The van der Waals surface area contributed by atoms with Crippen LogP contribution in [0.2, 0.25) is 0 Å². The molecule has 0 aliphatic rings. The van der Waals surface area contributed by atoms with Crippen molar-refractivity contribution in [3.05, 3.63) is 17.5 Å². The molecular formula is C18H34IN5O2. The topological polar surface area (TPSA) is 91.6 Å². The fourth-order valence-electron chi connectivity index (χ4n) is 2.37. The molecule has 3 N–H and O–H groups in total. The molecule has 8 heteroatoms. The number of aliphatic imine (C=N–C) groups is 1. The van der Waals surface area contributed by atoms with E-state index in [-0.39, 0.29) is 35.8 Å². The second-order valence-electron chi connectivity index (χ2n) is 6.30. The van der Waals surface area contributed by atoms with Crippen molar-refractivity contribution in [1.29, 1.82) is 0 Å². The average molecular weight is 479 g/mol. The summed E-state index contributed by atoms with van der Waals surface area (Å²) < 4.78 is 5.39. The van der Waals surface area contributed by atoms with E-state index in [0.717, 1.165) is 30.8 Å². The fraction of sp³-hybridized carbons (Fsp3) is 0.722. The van der Waals surface area contributed by atoms with E-state index in [1.165, 1.54) is 0 Å². The Kier molecular flexibility index (Phi) is 13.1. The zero-order valence-corrected chi connectivity index (χ0v) is 18.9. The quantitative estimate of drug-likeness (QED) is 0.208.